The highest BCUT2D eigenvalue weighted by molar-refractivity contribution is 6.31. The number of hydrogen-bond acceptors (Lipinski definition) is 2. The Labute approximate surface area is 162 Å². The first-order valence-corrected chi connectivity index (χ1v) is 9.35. The number of piperazine rings is 1. The third kappa shape index (κ3) is 3.37. The minimum absolute atomic E-state index is 0.0388. The minimum atomic E-state index is 0.0388. The molecular weight excluding hydrogens is 367 g/mol. The van der Waals surface area contributed by atoms with E-state index >= 15 is 0 Å². The second kappa shape index (κ2) is 7.18. The van der Waals surface area contributed by atoms with Crippen LogP contribution in [-0.4, -0.2) is 37.0 Å². The van der Waals surface area contributed by atoms with Crippen molar-refractivity contribution in [1.29, 1.82) is 0 Å². The van der Waals surface area contributed by atoms with Gasteiger partial charge in [0.15, 0.2) is 0 Å². The van der Waals surface area contributed by atoms with Crippen molar-refractivity contribution >= 4 is 45.6 Å². The molecule has 1 fully saturated rings. The number of nitrogens with zero attached hydrogens (tertiary/aromatic N) is 2. The van der Waals surface area contributed by atoms with Gasteiger partial charge < -0.3 is 9.80 Å². The van der Waals surface area contributed by atoms with Crippen LogP contribution in [0.2, 0.25) is 10.0 Å². The highest BCUT2D eigenvalue weighted by atomic mass is 35.5. The van der Waals surface area contributed by atoms with Gasteiger partial charge in [-0.15, -0.1) is 0 Å². The Morgan fingerprint density at radius 3 is 2.31 bits per heavy atom. The van der Waals surface area contributed by atoms with Crippen LogP contribution in [0.3, 0.4) is 0 Å². The fourth-order valence-electron chi connectivity index (χ4n) is 3.47. The maximum Gasteiger partial charge on any atom is 0.254 e. The zero-order chi connectivity index (χ0) is 18.1. The van der Waals surface area contributed by atoms with Gasteiger partial charge in [-0.25, -0.2) is 0 Å². The van der Waals surface area contributed by atoms with Crippen LogP contribution in [0, 0.1) is 0 Å². The highest BCUT2D eigenvalue weighted by Crippen LogP contribution is 2.29. The van der Waals surface area contributed by atoms with Crippen LogP contribution in [-0.2, 0) is 0 Å². The molecule has 0 spiro atoms. The first kappa shape index (κ1) is 17.2. The van der Waals surface area contributed by atoms with Gasteiger partial charge in [0.1, 0.15) is 0 Å². The predicted molar refractivity (Wildman–Crippen MR) is 109 cm³/mol. The van der Waals surface area contributed by atoms with Gasteiger partial charge >= 0.3 is 0 Å². The maximum absolute atomic E-state index is 12.7. The second-order valence-corrected chi connectivity index (χ2v) is 7.31. The maximum atomic E-state index is 12.7. The van der Waals surface area contributed by atoms with Gasteiger partial charge in [-0.05, 0) is 41.8 Å². The number of halogens is 2. The second-order valence-electron chi connectivity index (χ2n) is 6.43. The summed E-state index contributed by atoms with van der Waals surface area (Å²) >= 11 is 12.1. The summed E-state index contributed by atoms with van der Waals surface area (Å²) in [6, 6.07) is 19.4. The van der Waals surface area contributed by atoms with Crippen molar-refractivity contribution in [2.45, 2.75) is 0 Å². The van der Waals surface area contributed by atoms with Crippen molar-refractivity contribution in [3.63, 3.8) is 0 Å². The van der Waals surface area contributed by atoms with Crippen molar-refractivity contribution in [3.05, 3.63) is 76.3 Å². The smallest absolute Gasteiger partial charge is 0.254 e. The summed E-state index contributed by atoms with van der Waals surface area (Å²) in [5.74, 6) is 0.0388. The van der Waals surface area contributed by atoms with Gasteiger partial charge in [0, 0.05) is 52.9 Å². The Morgan fingerprint density at radius 1 is 0.808 bits per heavy atom. The van der Waals surface area contributed by atoms with E-state index in [4.69, 9.17) is 23.2 Å². The van der Waals surface area contributed by atoms with Crippen LogP contribution in [0.5, 0.6) is 0 Å². The third-order valence-corrected chi connectivity index (χ3v) is 5.27. The quantitative estimate of drug-likeness (QED) is 0.612. The van der Waals surface area contributed by atoms with Crippen LogP contribution < -0.4 is 4.90 Å². The van der Waals surface area contributed by atoms with Crippen molar-refractivity contribution in [2.24, 2.45) is 0 Å². The molecule has 26 heavy (non-hydrogen) atoms. The zero-order valence-electron chi connectivity index (χ0n) is 14.2. The van der Waals surface area contributed by atoms with Crippen LogP contribution in [0.25, 0.3) is 10.8 Å². The number of hydrogen-bond donors (Lipinski definition) is 0. The lowest BCUT2D eigenvalue weighted by molar-refractivity contribution is 0.0747. The summed E-state index contributed by atoms with van der Waals surface area (Å²) < 4.78 is 0. The van der Waals surface area contributed by atoms with Crippen molar-refractivity contribution in [1.82, 2.24) is 4.90 Å². The molecule has 0 aliphatic carbocycles. The van der Waals surface area contributed by atoms with E-state index in [1.165, 1.54) is 11.1 Å². The molecule has 3 nitrogen and oxygen atoms in total. The van der Waals surface area contributed by atoms with E-state index in [0.29, 0.717) is 23.7 Å². The van der Waals surface area contributed by atoms with Crippen LogP contribution in [0.4, 0.5) is 5.69 Å². The molecule has 1 amide bonds. The first-order chi connectivity index (χ1) is 12.6. The summed E-state index contributed by atoms with van der Waals surface area (Å²) in [6.45, 7) is 2.98. The Kier molecular flexibility index (Phi) is 4.75. The van der Waals surface area contributed by atoms with E-state index in [-0.39, 0.29) is 5.91 Å². The number of carbonyl (C=O) groups excluding carboxylic acids is 1. The summed E-state index contributed by atoms with van der Waals surface area (Å²) in [5.41, 5.74) is 1.83. The molecule has 4 rings (SSSR count). The number of anilines is 1. The van der Waals surface area contributed by atoms with Crippen LogP contribution >= 0.6 is 23.2 Å². The predicted octanol–water partition coefficient (Wildman–Crippen LogP) is 5.11. The third-order valence-electron chi connectivity index (χ3n) is 4.80. The molecule has 1 saturated heterocycles. The van der Waals surface area contributed by atoms with E-state index in [2.05, 4.69) is 29.2 Å². The molecular formula is C21H18Cl2N2O. The SMILES string of the molecule is O=C(c1cccc(Cl)c1)N1CCN(c2cccc3cc(Cl)ccc23)CC1. The Morgan fingerprint density at radius 2 is 1.54 bits per heavy atom. The topological polar surface area (TPSA) is 23.6 Å². The number of fused-ring (bicyclic) bond motifs is 1. The molecule has 0 N–H and O–H groups in total. The normalized spacial score (nSPS) is 14.7. The highest BCUT2D eigenvalue weighted by Gasteiger charge is 2.23. The molecule has 3 aromatic carbocycles. The molecule has 1 heterocycles. The summed E-state index contributed by atoms with van der Waals surface area (Å²) in [7, 11) is 0. The van der Waals surface area contributed by atoms with Gasteiger partial charge in [-0.3, -0.25) is 4.79 Å². The Bertz CT molecular complexity index is 965. The molecule has 0 radical (unpaired) electrons. The molecule has 0 aromatic heterocycles. The van der Waals surface area contributed by atoms with E-state index in [1.54, 1.807) is 12.1 Å². The molecule has 3 aromatic rings. The lowest BCUT2D eigenvalue weighted by atomic mass is 10.1. The molecule has 0 unspecified atom stereocenters. The average molecular weight is 385 g/mol. The van der Waals surface area contributed by atoms with Crippen LogP contribution in [0.1, 0.15) is 10.4 Å². The molecule has 1 aliphatic heterocycles. The van der Waals surface area contributed by atoms with E-state index in [9.17, 15) is 4.79 Å². The van der Waals surface area contributed by atoms with Crippen molar-refractivity contribution in [2.75, 3.05) is 31.1 Å². The number of benzene rings is 3. The van der Waals surface area contributed by atoms with Gasteiger partial charge in [0.25, 0.3) is 5.91 Å². The van der Waals surface area contributed by atoms with Crippen molar-refractivity contribution < 1.29 is 4.79 Å². The van der Waals surface area contributed by atoms with Gasteiger partial charge in [-0.1, -0.05) is 47.5 Å². The fourth-order valence-corrected chi connectivity index (χ4v) is 3.84. The number of amides is 1. The summed E-state index contributed by atoms with van der Waals surface area (Å²) in [4.78, 5) is 16.9. The van der Waals surface area contributed by atoms with Gasteiger partial charge in [-0.2, -0.15) is 0 Å². The van der Waals surface area contributed by atoms with E-state index < -0.39 is 0 Å². The minimum Gasteiger partial charge on any atom is -0.367 e. The zero-order valence-corrected chi connectivity index (χ0v) is 15.7. The Balaban J connectivity index is 1.51. The fraction of sp³-hybridized carbons (Fsp3) is 0.190. The molecule has 0 bridgehead atoms. The number of rotatable bonds is 2. The van der Waals surface area contributed by atoms with E-state index in [0.717, 1.165) is 23.5 Å². The first-order valence-electron chi connectivity index (χ1n) is 8.60. The lowest BCUT2D eigenvalue weighted by Crippen LogP contribution is -2.48. The standard InChI is InChI=1S/C21H18Cl2N2O/c22-17-5-1-4-16(14-17)21(26)25-11-9-24(10-12-25)20-6-2-3-15-13-18(23)7-8-19(15)20/h1-8,13-14H,9-12H2. The summed E-state index contributed by atoms with van der Waals surface area (Å²) in [6.07, 6.45) is 0. The van der Waals surface area contributed by atoms with E-state index in [1.807, 2.05) is 29.2 Å². The number of carbonyl (C=O) groups is 1. The van der Waals surface area contributed by atoms with Gasteiger partial charge in [0.2, 0.25) is 0 Å². The lowest BCUT2D eigenvalue weighted by Gasteiger charge is -2.36. The molecule has 132 valence electrons. The molecule has 5 heteroatoms. The summed E-state index contributed by atoms with van der Waals surface area (Å²) in [5, 5.41) is 3.65. The monoisotopic (exact) mass is 384 g/mol. The average Bonchev–Trinajstić information content (AvgIpc) is 2.67. The largest absolute Gasteiger partial charge is 0.367 e. The molecule has 1 aliphatic rings. The van der Waals surface area contributed by atoms with Crippen molar-refractivity contribution in [3.8, 4) is 0 Å². The van der Waals surface area contributed by atoms with Gasteiger partial charge in [0.05, 0.1) is 0 Å². The Hall–Kier alpha value is -2.23. The molecule has 0 atom stereocenters. The molecule has 0 saturated carbocycles. The van der Waals surface area contributed by atoms with Crippen LogP contribution in [0.15, 0.2) is 60.7 Å².